The summed E-state index contributed by atoms with van der Waals surface area (Å²) >= 11 is 0. The second-order valence-corrected chi connectivity index (χ2v) is 18.1. The van der Waals surface area contributed by atoms with Crippen LogP contribution in [-0.2, 0) is 46.0 Å². The molecule has 0 unspecified atom stereocenters. The number of allylic oxidation sites excluding steroid dienone is 6. The van der Waals surface area contributed by atoms with Crippen LogP contribution in [0, 0.1) is 22.7 Å². The van der Waals surface area contributed by atoms with Crippen LogP contribution >= 0.6 is 0 Å². The molecule has 1 aliphatic carbocycles. The van der Waals surface area contributed by atoms with Crippen LogP contribution in [0.4, 0.5) is 11.4 Å². The van der Waals surface area contributed by atoms with E-state index in [2.05, 4.69) is 5.32 Å². The molecule has 2 heterocycles. The molecule has 19 heteroatoms. The molecule has 16 nitrogen and oxygen atoms in total. The Labute approximate surface area is 311 Å². The summed E-state index contributed by atoms with van der Waals surface area (Å²) in [6.45, 7) is 6.39. The molecule has 5 rings (SSSR count). The topological polar surface area (TPSA) is 293 Å². The standard InChI is InChI=1S/C35H34N4O12S3/c1-34(2)22-14-19(52(43,44)45)10-11-23(22)38-33(34)20(8-6-5-7-9-27(40)41)29-28(18(16-36)17-37)21(32(29)42)15-26-35(3,4)30-24(53(46,47)48)12-13-25(31(30)39-26)54(49,50)51/h10-15,39,42H,5-9H2,1-4H3,(H,40,41)(H,43,44,45)(H,46,47,48)(H,49,50,51). The van der Waals surface area contributed by atoms with Crippen LogP contribution in [0.5, 0.6) is 0 Å². The zero-order valence-electron chi connectivity index (χ0n) is 29.2. The summed E-state index contributed by atoms with van der Waals surface area (Å²) in [4.78, 5) is 14.2. The highest BCUT2D eigenvalue weighted by Crippen LogP contribution is 2.53. The number of nitrogens with one attached hydrogen (secondary N) is 1. The van der Waals surface area contributed by atoms with Crippen LogP contribution in [0.2, 0.25) is 0 Å². The highest BCUT2D eigenvalue weighted by Gasteiger charge is 2.46. The van der Waals surface area contributed by atoms with E-state index in [1.165, 1.54) is 38.1 Å². The lowest BCUT2D eigenvalue weighted by atomic mass is 9.70. The van der Waals surface area contributed by atoms with Crippen LogP contribution in [0.25, 0.3) is 0 Å². The van der Waals surface area contributed by atoms with Gasteiger partial charge in [0.15, 0.2) is 0 Å². The van der Waals surface area contributed by atoms with Crippen molar-refractivity contribution < 1.29 is 53.9 Å². The van der Waals surface area contributed by atoms with Crippen molar-refractivity contribution in [2.75, 3.05) is 5.32 Å². The number of carboxylic acids is 1. The first-order valence-corrected chi connectivity index (χ1v) is 20.5. The monoisotopic (exact) mass is 798 g/mol. The zero-order valence-corrected chi connectivity index (χ0v) is 31.6. The van der Waals surface area contributed by atoms with Gasteiger partial charge in [0.1, 0.15) is 33.3 Å². The van der Waals surface area contributed by atoms with Crippen LogP contribution in [0.1, 0.15) is 70.9 Å². The number of carboxylic acid groups (broad SMARTS) is 1. The number of anilines is 1. The number of nitrogens with zero attached hydrogens (tertiary/aromatic N) is 3. The lowest BCUT2D eigenvalue weighted by Gasteiger charge is -2.33. The lowest BCUT2D eigenvalue weighted by Crippen LogP contribution is -2.30. The molecular formula is C35H34N4O12S3. The highest BCUT2D eigenvalue weighted by atomic mass is 32.2. The number of carbonyl (C=O) groups is 1. The molecular weight excluding hydrogens is 765 g/mol. The molecule has 2 aromatic rings. The summed E-state index contributed by atoms with van der Waals surface area (Å²) in [5, 5.41) is 43.9. The van der Waals surface area contributed by atoms with Crippen molar-refractivity contribution in [1.29, 1.82) is 10.5 Å². The summed E-state index contributed by atoms with van der Waals surface area (Å²) in [6, 6.07) is 9.08. The Morgan fingerprint density at radius 2 is 1.43 bits per heavy atom. The number of fused-ring (bicyclic) bond motifs is 2. The molecule has 0 spiro atoms. The lowest BCUT2D eigenvalue weighted by molar-refractivity contribution is -0.137. The van der Waals surface area contributed by atoms with Gasteiger partial charge in [-0.2, -0.15) is 35.8 Å². The van der Waals surface area contributed by atoms with Crippen LogP contribution < -0.4 is 5.32 Å². The fourth-order valence-corrected chi connectivity index (χ4v) is 9.04. The largest absolute Gasteiger partial charge is 0.507 e. The Hall–Kier alpha value is -5.15. The fraction of sp³-hybridized carbons (Fsp3) is 0.314. The van der Waals surface area contributed by atoms with Crippen molar-refractivity contribution >= 4 is 53.4 Å². The molecule has 0 saturated heterocycles. The van der Waals surface area contributed by atoms with Crippen LogP contribution in [0.15, 0.2) is 95.4 Å². The normalized spacial score (nSPS) is 18.9. The van der Waals surface area contributed by atoms with E-state index in [0.717, 1.165) is 12.1 Å². The van der Waals surface area contributed by atoms with Gasteiger partial charge < -0.3 is 15.5 Å². The first-order valence-electron chi connectivity index (χ1n) is 16.1. The van der Waals surface area contributed by atoms with E-state index in [0.29, 0.717) is 41.8 Å². The summed E-state index contributed by atoms with van der Waals surface area (Å²) < 4.78 is 103. The molecule has 284 valence electrons. The number of aliphatic hydroxyl groups is 1. The van der Waals surface area contributed by atoms with Gasteiger partial charge in [-0.3, -0.25) is 23.4 Å². The van der Waals surface area contributed by atoms with Crippen LogP contribution in [0.3, 0.4) is 0 Å². The average molecular weight is 799 g/mol. The Kier molecular flexibility index (Phi) is 10.1. The van der Waals surface area contributed by atoms with Gasteiger partial charge in [-0.15, -0.1) is 0 Å². The number of unbranched alkanes of at least 4 members (excludes halogenated alkanes) is 2. The Morgan fingerprint density at radius 1 is 0.833 bits per heavy atom. The summed E-state index contributed by atoms with van der Waals surface area (Å²) in [6.07, 6.45) is 2.41. The second-order valence-electron chi connectivity index (χ2n) is 13.9. The molecule has 2 aliphatic heterocycles. The van der Waals surface area contributed by atoms with Gasteiger partial charge in [0.25, 0.3) is 30.4 Å². The maximum atomic E-state index is 12.4. The van der Waals surface area contributed by atoms with E-state index in [1.807, 2.05) is 12.1 Å². The zero-order chi connectivity index (χ0) is 40.3. The highest BCUT2D eigenvalue weighted by molar-refractivity contribution is 7.86. The van der Waals surface area contributed by atoms with Gasteiger partial charge in [0, 0.05) is 45.2 Å². The smallest absolute Gasteiger partial charge is 0.303 e. The van der Waals surface area contributed by atoms with Gasteiger partial charge in [-0.25, -0.2) is 0 Å². The maximum absolute atomic E-state index is 12.4. The number of hydrogen-bond donors (Lipinski definition) is 6. The number of aliphatic carboxylic acids is 1. The van der Waals surface area contributed by atoms with E-state index >= 15 is 0 Å². The van der Waals surface area contributed by atoms with E-state index in [4.69, 9.17) is 10.1 Å². The third-order valence-electron chi connectivity index (χ3n) is 9.68. The molecule has 0 bridgehead atoms. The third kappa shape index (κ3) is 6.97. The molecule has 2 aromatic carbocycles. The number of aliphatic imine (C=N–C) groups is 1. The molecule has 54 heavy (non-hydrogen) atoms. The first-order chi connectivity index (χ1) is 24.9. The number of rotatable bonds is 11. The molecule has 6 N–H and O–H groups in total. The quantitative estimate of drug-likeness (QED) is 0.0919. The van der Waals surface area contributed by atoms with Crippen molar-refractivity contribution in [1.82, 2.24) is 0 Å². The van der Waals surface area contributed by atoms with Gasteiger partial charge in [-0.1, -0.05) is 34.1 Å². The molecule has 3 aliphatic rings. The number of hydrogen-bond acceptors (Lipinski definition) is 12. The van der Waals surface area contributed by atoms with Gasteiger partial charge in [-0.05, 0) is 66.8 Å². The summed E-state index contributed by atoms with van der Waals surface area (Å²) in [5.41, 5.74) is -2.19. The first kappa shape index (κ1) is 40.0. The molecule has 0 fully saturated rings. The van der Waals surface area contributed by atoms with Crippen molar-refractivity contribution in [3.8, 4) is 12.1 Å². The van der Waals surface area contributed by atoms with E-state index in [1.54, 1.807) is 13.8 Å². The van der Waals surface area contributed by atoms with Gasteiger partial charge in [0.05, 0.1) is 22.0 Å². The van der Waals surface area contributed by atoms with Crippen molar-refractivity contribution in [3.63, 3.8) is 0 Å². The number of benzene rings is 2. The molecule has 0 aromatic heterocycles. The predicted molar refractivity (Wildman–Crippen MR) is 193 cm³/mol. The van der Waals surface area contributed by atoms with Crippen molar-refractivity contribution in [3.05, 3.63) is 86.9 Å². The van der Waals surface area contributed by atoms with E-state index in [9.17, 15) is 59.3 Å². The summed E-state index contributed by atoms with van der Waals surface area (Å²) in [7, 11) is -14.5. The SMILES string of the molecule is CC1(C)C(C(CCCCCC(=O)O)=C2C(O)=C(C=C3Nc4c(S(=O)(=O)O)ccc(S(=O)(=O)O)c4C3(C)C)C2=C(C#N)C#N)=Nc2ccc(S(=O)(=O)O)cc21. The number of nitriles is 2. The molecule has 0 saturated carbocycles. The van der Waals surface area contributed by atoms with Crippen molar-refractivity contribution in [2.45, 2.75) is 85.3 Å². The second kappa shape index (κ2) is 13.6. The third-order valence-corrected chi connectivity index (χ3v) is 12.3. The van der Waals surface area contributed by atoms with Crippen LogP contribution in [-0.4, -0.2) is 60.8 Å². The van der Waals surface area contributed by atoms with E-state index < -0.39 is 68.3 Å². The fourth-order valence-electron chi connectivity index (χ4n) is 7.02. The molecule has 0 amide bonds. The molecule has 0 radical (unpaired) electrons. The van der Waals surface area contributed by atoms with Gasteiger partial charge >= 0.3 is 5.97 Å². The predicted octanol–water partition coefficient (Wildman–Crippen LogP) is 5.58. The average Bonchev–Trinajstić information content (AvgIpc) is 3.48. The minimum atomic E-state index is -4.94. The Bertz CT molecular complexity index is 2620. The minimum Gasteiger partial charge on any atom is -0.507 e. The summed E-state index contributed by atoms with van der Waals surface area (Å²) in [5.74, 6) is -1.43. The molecule has 0 atom stereocenters. The van der Waals surface area contributed by atoms with Crippen molar-refractivity contribution in [2.24, 2.45) is 4.99 Å². The maximum Gasteiger partial charge on any atom is 0.303 e. The minimum absolute atomic E-state index is 0.0402. The van der Waals surface area contributed by atoms with Gasteiger partial charge in [0.2, 0.25) is 0 Å². The number of aliphatic hydroxyl groups excluding tert-OH is 1. The van der Waals surface area contributed by atoms with E-state index in [-0.39, 0.29) is 51.4 Å². The Balaban J connectivity index is 1.75. The Morgan fingerprint density at radius 3 is 1.98 bits per heavy atom.